The Morgan fingerprint density at radius 3 is 1.26 bits per heavy atom. The fourth-order valence-corrected chi connectivity index (χ4v) is 29.5. The third-order valence-corrected chi connectivity index (χ3v) is 30.2. The number of hydrogen-bond acceptors (Lipinski definition) is 0. The fraction of sp³-hybridized carbons (Fsp3) is 0.217. The summed E-state index contributed by atoms with van der Waals surface area (Å²) in [5.74, 6) is 1.06. The molecule has 0 aromatic heterocycles. The molecule has 0 N–H and O–H groups in total. The zero-order valence-corrected chi connectivity index (χ0v) is 34.7. The van der Waals surface area contributed by atoms with Gasteiger partial charge in [0.15, 0.2) is 0 Å². The fourth-order valence-electron chi connectivity index (χ4n) is 8.51. The van der Waals surface area contributed by atoms with Crippen LogP contribution < -0.4 is 24.8 Å². The summed E-state index contributed by atoms with van der Waals surface area (Å²) < 4.78 is 1.21. The summed E-state index contributed by atoms with van der Waals surface area (Å²) in [6, 6.07) is 46.0. The summed E-state index contributed by atoms with van der Waals surface area (Å²) in [6.45, 7) is 15.1. The topological polar surface area (TPSA) is 0 Å². The summed E-state index contributed by atoms with van der Waals surface area (Å²) in [4.78, 5) is 0. The Morgan fingerprint density at radius 1 is 0.480 bits per heavy atom. The van der Waals surface area contributed by atoms with Crippen molar-refractivity contribution in [2.45, 2.75) is 48.0 Å². The molecular formula is C46H44Cl2SiZr. The molecule has 6 aromatic carbocycles. The second-order valence-corrected chi connectivity index (χ2v) is 32.5. The van der Waals surface area contributed by atoms with Gasteiger partial charge in [-0.3, -0.25) is 0 Å². The molecule has 0 spiro atoms. The minimum Gasteiger partial charge on any atom is -1.00 e. The summed E-state index contributed by atoms with van der Waals surface area (Å²) >= 11 is -2.29. The monoisotopic (exact) mass is 784 g/mol. The van der Waals surface area contributed by atoms with E-state index in [1.165, 1.54) is 54.9 Å². The van der Waals surface area contributed by atoms with Gasteiger partial charge in [-0.25, -0.2) is 0 Å². The molecule has 0 fully saturated rings. The van der Waals surface area contributed by atoms with Crippen molar-refractivity contribution >= 4 is 39.1 Å². The molecule has 0 nitrogen and oxygen atoms in total. The van der Waals surface area contributed by atoms with Gasteiger partial charge < -0.3 is 24.8 Å². The predicted octanol–water partition coefficient (Wildman–Crippen LogP) is 7.09. The Kier molecular flexibility index (Phi) is 11.0. The molecule has 50 heavy (non-hydrogen) atoms. The normalized spacial score (nSPS) is 15.9. The molecule has 0 amide bonds. The van der Waals surface area contributed by atoms with Crippen LogP contribution in [0.4, 0.5) is 0 Å². The van der Waals surface area contributed by atoms with E-state index in [1.54, 1.807) is 22.3 Å². The Balaban J connectivity index is 0.00000216. The van der Waals surface area contributed by atoms with E-state index in [4.69, 9.17) is 0 Å². The molecule has 6 aromatic rings. The summed E-state index contributed by atoms with van der Waals surface area (Å²) in [5.41, 5.74) is 14.5. The van der Waals surface area contributed by atoms with E-state index in [0.717, 1.165) is 0 Å². The molecule has 0 aliphatic heterocycles. The Morgan fingerprint density at radius 2 is 0.880 bits per heavy atom. The molecule has 0 radical (unpaired) electrons. The van der Waals surface area contributed by atoms with E-state index >= 15 is 0 Å². The maximum Gasteiger partial charge on any atom is -1.00 e. The van der Waals surface area contributed by atoms with Crippen LogP contribution in [0.25, 0.3) is 56.0 Å². The zero-order chi connectivity index (χ0) is 33.1. The van der Waals surface area contributed by atoms with Crippen molar-refractivity contribution in [1.29, 1.82) is 0 Å². The van der Waals surface area contributed by atoms with Crippen molar-refractivity contribution in [3.63, 3.8) is 0 Å². The van der Waals surface area contributed by atoms with E-state index in [-0.39, 0.29) is 24.8 Å². The molecule has 2 unspecified atom stereocenters. The summed E-state index contributed by atoms with van der Waals surface area (Å²) in [5, 5.41) is 5.24. The van der Waals surface area contributed by atoms with Gasteiger partial charge in [-0.05, 0) is 0 Å². The molecule has 0 saturated heterocycles. The van der Waals surface area contributed by atoms with Crippen molar-refractivity contribution in [2.75, 3.05) is 0 Å². The number of rotatable bonds is 6. The molecule has 8 rings (SSSR count). The summed E-state index contributed by atoms with van der Waals surface area (Å²) in [7, 11) is 0. The van der Waals surface area contributed by atoms with Crippen molar-refractivity contribution in [1.82, 2.24) is 0 Å². The Hall–Kier alpha value is -3.00. The van der Waals surface area contributed by atoms with Gasteiger partial charge >= 0.3 is 296 Å². The van der Waals surface area contributed by atoms with Crippen LogP contribution in [0.5, 0.6) is 0 Å². The third-order valence-electron chi connectivity index (χ3n) is 10.8. The van der Waals surface area contributed by atoms with E-state index in [9.17, 15) is 0 Å². The van der Waals surface area contributed by atoms with E-state index in [2.05, 4.69) is 174 Å². The molecule has 2 aliphatic rings. The largest absolute Gasteiger partial charge is 1.00 e. The molecule has 4 heteroatoms. The van der Waals surface area contributed by atoms with Gasteiger partial charge in [-0.1, -0.05) is 0 Å². The number of fused-ring (bicyclic) bond motifs is 4. The van der Waals surface area contributed by atoms with Crippen molar-refractivity contribution < 1.29 is 45.2 Å². The van der Waals surface area contributed by atoms with Crippen molar-refractivity contribution in [3.8, 4) is 22.3 Å². The first-order valence-corrected chi connectivity index (χ1v) is 26.7. The smallest absolute Gasteiger partial charge is 1.00 e. The van der Waals surface area contributed by atoms with Gasteiger partial charge in [0.2, 0.25) is 0 Å². The van der Waals surface area contributed by atoms with Gasteiger partial charge in [-0.2, -0.15) is 0 Å². The van der Waals surface area contributed by atoms with Gasteiger partial charge in [-0.15, -0.1) is 0 Å². The predicted molar refractivity (Wildman–Crippen MR) is 207 cm³/mol. The minimum atomic E-state index is -2.29. The second-order valence-electron chi connectivity index (χ2n) is 14.7. The maximum absolute atomic E-state index is 2.66. The molecule has 2 atom stereocenters. The third kappa shape index (κ3) is 6.36. The molecule has 2 aliphatic carbocycles. The van der Waals surface area contributed by atoms with Crippen LogP contribution in [-0.4, -0.2) is 5.43 Å². The SMILES string of the molecule is CC(C)C1=Cc2c(-c3ccc4ccccc4c3)cccc2[CH]1[Zr+2]([CH]1C(C(C)C)=Cc2c(-c3ccc4ccccc4c3)cccc21)=[Si](C)C.[Cl-].[Cl-]. The molecule has 0 saturated carbocycles. The quantitative estimate of drug-likeness (QED) is 0.158. The second kappa shape index (κ2) is 14.9. The first-order chi connectivity index (χ1) is 23.3. The summed E-state index contributed by atoms with van der Waals surface area (Å²) in [6.07, 6.45) is 5.28. The van der Waals surface area contributed by atoms with Gasteiger partial charge in [0.1, 0.15) is 0 Å². The first kappa shape index (κ1) is 36.8. The number of hydrogen-bond donors (Lipinski definition) is 0. The van der Waals surface area contributed by atoms with Crippen LogP contribution in [0.3, 0.4) is 0 Å². The Labute approximate surface area is 318 Å². The molecule has 250 valence electrons. The molecular weight excluding hydrogens is 743 g/mol. The van der Waals surface area contributed by atoms with E-state index < -0.39 is 25.8 Å². The maximum atomic E-state index is 2.66. The Bertz CT molecular complexity index is 2180. The molecule has 0 heterocycles. The number of benzene rings is 6. The van der Waals surface area contributed by atoms with Crippen molar-refractivity contribution in [3.05, 3.63) is 155 Å². The van der Waals surface area contributed by atoms with Gasteiger partial charge in [0.05, 0.1) is 0 Å². The van der Waals surface area contributed by atoms with Gasteiger partial charge in [0.25, 0.3) is 0 Å². The average Bonchev–Trinajstić information content (AvgIpc) is 3.68. The number of allylic oxidation sites excluding steroid dienone is 2. The minimum absolute atomic E-state index is 0. The molecule has 0 bridgehead atoms. The zero-order valence-electron chi connectivity index (χ0n) is 29.8. The number of halogens is 2. The average molecular weight is 787 g/mol. The van der Waals surface area contributed by atoms with Crippen LogP contribution in [0.2, 0.25) is 13.1 Å². The van der Waals surface area contributed by atoms with Crippen molar-refractivity contribution in [2.24, 2.45) is 11.8 Å². The van der Waals surface area contributed by atoms with Gasteiger partial charge in [0, 0.05) is 0 Å². The van der Waals surface area contributed by atoms with Crippen LogP contribution in [0.1, 0.15) is 57.2 Å². The van der Waals surface area contributed by atoms with Crippen LogP contribution in [0, 0.1) is 11.8 Å². The standard InChI is InChI=1S/2C22H19.C2H6Si.2ClH.Zr/c2*1-15(2)20-13-18-8-5-9-21(22(18)14-20)19-11-10-16-6-3-4-7-17(16)12-19;1-3-2;;;/h2*3-15H,1-2H3;1-2H3;2*1H;/q;;;;;+2/p-2. The van der Waals surface area contributed by atoms with E-state index in [1.807, 2.05) is 0 Å². The van der Waals surface area contributed by atoms with Crippen LogP contribution in [0.15, 0.2) is 132 Å². The van der Waals surface area contributed by atoms with Crippen LogP contribution >= 0.6 is 0 Å². The van der Waals surface area contributed by atoms with E-state index in [0.29, 0.717) is 19.1 Å². The first-order valence-electron chi connectivity index (χ1n) is 17.6. The van der Waals surface area contributed by atoms with Crippen LogP contribution in [-0.2, 0) is 20.4 Å².